The number of hydrogen-bond acceptors (Lipinski definition) is 3. The molecule has 3 rings (SSSR count). The van der Waals surface area contributed by atoms with Crippen LogP contribution in [-0.4, -0.2) is 78.4 Å². The van der Waals surface area contributed by atoms with Gasteiger partial charge in [0.05, 0.1) is 12.6 Å². The van der Waals surface area contributed by atoms with Gasteiger partial charge in [-0.1, -0.05) is 29.8 Å². The number of guanidine groups is 1. The van der Waals surface area contributed by atoms with E-state index in [0.717, 1.165) is 75.2 Å². The molecule has 162 valence electrons. The first-order valence-electron chi connectivity index (χ1n) is 10.4. The Morgan fingerprint density at radius 2 is 1.76 bits per heavy atom. The monoisotopic (exact) mass is 533 g/mol. The average molecular weight is 534 g/mol. The highest BCUT2D eigenvalue weighted by Crippen LogP contribution is 2.17. The number of halogens is 2. The second kappa shape index (κ2) is 12.0. The van der Waals surface area contributed by atoms with Gasteiger partial charge in [0.1, 0.15) is 0 Å². The lowest BCUT2D eigenvalue weighted by Gasteiger charge is -2.39. The molecule has 1 aromatic carbocycles. The molecule has 0 bridgehead atoms. The molecule has 1 atom stereocenters. The predicted molar refractivity (Wildman–Crippen MR) is 130 cm³/mol. The lowest BCUT2D eigenvalue weighted by molar-refractivity contribution is -0.135. The minimum atomic E-state index is -0.0390. The second-order valence-electron chi connectivity index (χ2n) is 7.49. The summed E-state index contributed by atoms with van der Waals surface area (Å²) >= 11 is 6.26. The minimum Gasteiger partial charge on any atom is -0.357 e. The summed E-state index contributed by atoms with van der Waals surface area (Å²) < 4.78 is 0. The molecule has 0 aromatic heterocycles. The fourth-order valence-corrected chi connectivity index (χ4v) is 4.09. The molecule has 1 N–H and O–H groups in total. The normalized spacial score (nSPS) is 19.1. The molecule has 2 saturated heterocycles. The molecule has 1 unspecified atom stereocenters. The van der Waals surface area contributed by atoms with Crippen LogP contribution in [0.15, 0.2) is 29.3 Å². The van der Waals surface area contributed by atoms with Crippen LogP contribution >= 0.6 is 35.6 Å². The number of carbonyl (C=O) groups is 1. The average Bonchev–Trinajstić information content (AvgIpc) is 3.26. The Hall–Kier alpha value is -1.06. The van der Waals surface area contributed by atoms with E-state index in [1.54, 1.807) is 0 Å². The first-order chi connectivity index (χ1) is 13.6. The third-order valence-electron chi connectivity index (χ3n) is 5.63. The lowest BCUT2D eigenvalue weighted by atomic mass is 10.2. The third-order valence-corrected chi connectivity index (χ3v) is 6.00. The summed E-state index contributed by atoms with van der Waals surface area (Å²) in [5, 5.41) is 4.14. The maximum atomic E-state index is 12.7. The zero-order chi connectivity index (χ0) is 19.9. The van der Waals surface area contributed by atoms with Crippen LogP contribution in [0.3, 0.4) is 0 Å². The van der Waals surface area contributed by atoms with Crippen LogP contribution in [0, 0.1) is 0 Å². The van der Waals surface area contributed by atoms with Crippen LogP contribution in [0.25, 0.3) is 0 Å². The Kier molecular flexibility index (Phi) is 9.98. The summed E-state index contributed by atoms with van der Waals surface area (Å²) in [4.78, 5) is 24.1. The van der Waals surface area contributed by atoms with Crippen molar-refractivity contribution >= 4 is 47.4 Å². The highest BCUT2D eigenvalue weighted by molar-refractivity contribution is 14.0. The van der Waals surface area contributed by atoms with E-state index in [2.05, 4.69) is 22.0 Å². The molecule has 2 heterocycles. The van der Waals surface area contributed by atoms with E-state index in [-0.39, 0.29) is 35.9 Å². The molecule has 2 fully saturated rings. The fraction of sp³-hybridized carbons (Fsp3) is 0.619. The van der Waals surface area contributed by atoms with Crippen molar-refractivity contribution in [3.8, 4) is 0 Å². The van der Waals surface area contributed by atoms with Crippen molar-refractivity contribution < 1.29 is 4.79 Å². The van der Waals surface area contributed by atoms with Crippen molar-refractivity contribution in [3.63, 3.8) is 0 Å². The molecule has 29 heavy (non-hydrogen) atoms. The molecule has 0 spiro atoms. The summed E-state index contributed by atoms with van der Waals surface area (Å²) in [6, 6.07) is 7.80. The molecule has 0 saturated carbocycles. The van der Waals surface area contributed by atoms with E-state index in [1.807, 2.05) is 36.1 Å². The highest BCUT2D eigenvalue weighted by atomic mass is 127. The number of amides is 1. The van der Waals surface area contributed by atoms with Gasteiger partial charge in [0.25, 0.3) is 0 Å². The van der Waals surface area contributed by atoms with Gasteiger partial charge in [-0.05, 0) is 38.3 Å². The predicted octanol–water partition coefficient (Wildman–Crippen LogP) is 3.05. The maximum absolute atomic E-state index is 12.7. The van der Waals surface area contributed by atoms with Gasteiger partial charge in [-0.3, -0.25) is 9.69 Å². The van der Waals surface area contributed by atoms with E-state index in [4.69, 9.17) is 16.6 Å². The maximum Gasteiger partial charge on any atom is 0.239 e. The van der Waals surface area contributed by atoms with Crippen molar-refractivity contribution in [1.82, 2.24) is 20.0 Å². The Labute approximate surface area is 196 Å². The van der Waals surface area contributed by atoms with Gasteiger partial charge in [-0.25, -0.2) is 4.99 Å². The number of hydrogen-bond donors (Lipinski definition) is 1. The molecule has 1 amide bonds. The Morgan fingerprint density at radius 1 is 1.10 bits per heavy atom. The third kappa shape index (κ3) is 6.46. The van der Waals surface area contributed by atoms with Gasteiger partial charge in [-0.15, -0.1) is 24.0 Å². The first kappa shape index (κ1) is 24.2. The summed E-state index contributed by atoms with van der Waals surface area (Å²) in [5.41, 5.74) is 1.03. The van der Waals surface area contributed by atoms with Crippen LogP contribution in [0.1, 0.15) is 32.3 Å². The number of piperazine rings is 1. The molecule has 1 aromatic rings. The summed E-state index contributed by atoms with van der Waals surface area (Å²) in [7, 11) is 0. The van der Waals surface area contributed by atoms with Crippen molar-refractivity contribution in [2.45, 2.75) is 39.3 Å². The molecule has 2 aliphatic heterocycles. The van der Waals surface area contributed by atoms with Crippen molar-refractivity contribution in [2.75, 3.05) is 45.8 Å². The van der Waals surface area contributed by atoms with Gasteiger partial charge < -0.3 is 15.1 Å². The number of likely N-dealkylation sites (tertiary alicyclic amines) is 1. The number of nitrogens with one attached hydrogen (secondary N) is 1. The second-order valence-corrected chi connectivity index (χ2v) is 7.90. The first-order valence-corrected chi connectivity index (χ1v) is 10.8. The molecule has 6 nitrogen and oxygen atoms in total. The smallest absolute Gasteiger partial charge is 0.239 e. The van der Waals surface area contributed by atoms with Gasteiger partial charge >= 0.3 is 0 Å². The summed E-state index contributed by atoms with van der Waals surface area (Å²) in [6.07, 6.45) is 2.28. The number of carbonyl (C=O) groups excluding carboxylic acids is 1. The molecular weight excluding hydrogens is 501 g/mol. The van der Waals surface area contributed by atoms with E-state index in [0.29, 0.717) is 6.54 Å². The number of nitrogens with zero attached hydrogens (tertiary/aromatic N) is 4. The summed E-state index contributed by atoms with van der Waals surface area (Å²) in [6.45, 7) is 10.8. The van der Waals surface area contributed by atoms with E-state index < -0.39 is 0 Å². The zero-order valence-corrected chi connectivity index (χ0v) is 20.5. The summed E-state index contributed by atoms with van der Waals surface area (Å²) in [5.74, 6) is 1.20. The SMILES string of the molecule is CCNC(=NCc1ccccc1Cl)N1CCN(C(C)C(=O)N2CCCC2)CC1.I. The molecular formula is C21H33ClIN5O. The molecule has 0 aliphatic carbocycles. The fourth-order valence-electron chi connectivity index (χ4n) is 3.89. The van der Waals surface area contributed by atoms with Crippen molar-refractivity contribution in [3.05, 3.63) is 34.9 Å². The largest absolute Gasteiger partial charge is 0.357 e. The van der Waals surface area contributed by atoms with E-state index in [9.17, 15) is 4.79 Å². The topological polar surface area (TPSA) is 51.2 Å². The number of rotatable bonds is 5. The molecule has 8 heteroatoms. The van der Waals surface area contributed by atoms with Crippen molar-refractivity contribution in [1.29, 1.82) is 0 Å². The Morgan fingerprint density at radius 3 is 2.38 bits per heavy atom. The standard InChI is InChI=1S/C21H32ClN5O.HI/c1-3-23-21(24-16-18-8-4-5-9-19(18)22)27-14-12-25(13-15-27)17(2)20(28)26-10-6-7-11-26;/h4-5,8-9,17H,3,6-7,10-16H2,1-2H3,(H,23,24);1H. The van der Waals surface area contributed by atoms with Gasteiger partial charge in [0, 0.05) is 50.8 Å². The Bertz CT molecular complexity index is 687. The van der Waals surface area contributed by atoms with E-state index in [1.165, 1.54) is 0 Å². The van der Waals surface area contributed by atoms with Crippen LogP contribution in [0.4, 0.5) is 0 Å². The van der Waals surface area contributed by atoms with E-state index >= 15 is 0 Å². The highest BCUT2D eigenvalue weighted by Gasteiger charge is 2.30. The van der Waals surface area contributed by atoms with Crippen molar-refractivity contribution in [2.24, 2.45) is 4.99 Å². The Balaban J connectivity index is 0.00000300. The van der Waals surface area contributed by atoms with Gasteiger partial charge in [-0.2, -0.15) is 0 Å². The lowest BCUT2D eigenvalue weighted by Crippen LogP contribution is -2.57. The zero-order valence-electron chi connectivity index (χ0n) is 17.4. The van der Waals surface area contributed by atoms with Gasteiger partial charge in [0.2, 0.25) is 5.91 Å². The number of benzene rings is 1. The van der Waals surface area contributed by atoms with Gasteiger partial charge in [0.15, 0.2) is 5.96 Å². The van der Waals surface area contributed by atoms with Crippen LogP contribution in [0.2, 0.25) is 5.02 Å². The quantitative estimate of drug-likeness (QED) is 0.359. The number of aliphatic imine (C=N–C) groups is 1. The van der Waals surface area contributed by atoms with Crippen LogP contribution < -0.4 is 5.32 Å². The van der Waals surface area contributed by atoms with Crippen LogP contribution in [0.5, 0.6) is 0 Å². The minimum absolute atomic E-state index is 0. The van der Waals surface area contributed by atoms with Crippen LogP contribution in [-0.2, 0) is 11.3 Å². The molecule has 2 aliphatic rings. The molecule has 0 radical (unpaired) electrons.